The number of furan rings is 1. The van der Waals surface area contributed by atoms with Gasteiger partial charge < -0.3 is 9.32 Å². The van der Waals surface area contributed by atoms with Gasteiger partial charge in [-0.15, -0.1) is 11.3 Å². The van der Waals surface area contributed by atoms with Crippen LogP contribution in [0.3, 0.4) is 0 Å². The van der Waals surface area contributed by atoms with Crippen molar-refractivity contribution in [3.8, 4) is 22.3 Å². The maximum absolute atomic E-state index is 6.77. The minimum atomic E-state index is 0.877. The van der Waals surface area contributed by atoms with Gasteiger partial charge >= 0.3 is 0 Å². The summed E-state index contributed by atoms with van der Waals surface area (Å²) in [6.45, 7) is 0. The molecule has 0 unspecified atom stereocenters. The molecular formula is C50H31NOS. The van der Waals surface area contributed by atoms with Crippen LogP contribution in [0.15, 0.2) is 192 Å². The number of para-hydroxylation sites is 1. The normalized spacial score (nSPS) is 11.8. The van der Waals surface area contributed by atoms with Crippen molar-refractivity contribution in [2.24, 2.45) is 0 Å². The van der Waals surface area contributed by atoms with Crippen LogP contribution in [0.25, 0.3) is 85.9 Å². The highest BCUT2D eigenvalue weighted by molar-refractivity contribution is 7.25. The summed E-state index contributed by atoms with van der Waals surface area (Å²) in [5, 5.41) is 9.69. The Kier molecular flexibility index (Phi) is 6.76. The van der Waals surface area contributed by atoms with Crippen LogP contribution < -0.4 is 4.90 Å². The van der Waals surface area contributed by atoms with Crippen molar-refractivity contribution in [1.82, 2.24) is 0 Å². The molecule has 0 aliphatic heterocycles. The molecule has 248 valence electrons. The molecule has 0 N–H and O–H groups in total. The van der Waals surface area contributed by atoms with E-state index in [9.17, 15) is 0 Å². The van der Waals surface area contributed by atoms with Crippen molar-refractivity contribution >= 4 is 92.1 Å². The largest absolute Gasteiger partial charge is 0.455 e. The Balaban J connectivity index is 1.17. The van der Waals surface area contributed by atoms with Crippen molar-refractivity contribution in [3.63, 3.8) is 0 Å². The van der Waals surface area contributed by atoms with E-state index in [0.717, 1.165) is 50.1 Å². The van der Waals surface area contributed by atoms with Gasteiger partial charge in [-0.05, 0) is 87.4 Å². The Hall–Kier alpha value is -6.68. The quantitative estimate of drug-likeness (QED) is 0.167. The summed E-state index contributed by atoms with van der Waals surface area (Å²) in [5.41, 5.74) is 9.65. The molecule has 0 aliphatic carbocycles. The van der Waals surface area contributed by atoms with E-state index in [1.165, 1.54) is 52.8 Å². The first kappa shape index (κ1) is 30.0. The summed E-state index contributed by atoms with van der Waals surface area (Å²) in [6.07, 6.45) is 0. The van der Waals surface area contributed by atoms with E-state index in [-0.39, 0.29) is 0 Å². The molecular weight excluding hydrogens is 663 g/mol. The number of thiophene rings is 1. The summed E-state index contributed by atoms with van der Waals surface area (Å²) < 4.78 is 9.41. The van der Waals surface area contributed by atoms with E-state index in [0.29, 0.717) is 0 Å². The zero-order valence-electron chi connectivity index (χ0n) is 28.7. The molecule has 0 radical (unpaired) electrons. The first-order valence-electron chi connectivity index (χ1n) is 18.0. The van der Waals surface area contributed by atoms with Crippen molar-refractivity contribution in [2.75, 3.05) is 4.90 Å². The molecule has 3 heteroatoms. The Bertz CT molecular complexity index is 3170. The van der Waals surface area contributed by atoms with E-state index < -0.39 is 0 Å². The zero-order chi connectivity index (χ0) is 34.9. The second-order valence-corrected chi connectivity index (χ2v) is 14.7. The van der Waals surface area contributed by atoms with Gasteiger partial charge in [0.1, 0.15) is 11.2 Å². The second kappa shape index (κ2) is 11.9. The van der Waals surface area contributed by atoms with E-state index in [1.54, 1.807) is 0 Å². The highest BCUT2D eigenvalue weighted by Crippen LogP contribution is 2.48. The minimum Gasteiger partial charge on any atom is -0.455 e. The van der Waals surface area contributed by atoms with Gasteiger partial charge in [-0.1, -0.05) is 133 Å². The molecule has 11 aromatic rings. The van der Waals surface area contributed by atoms with Gasteiger partial charge in [-0.25, -0.2) is 0 Å². The number of anilines is 3. The lowest BCUT2D eigenvalue weighted by Gasteiger charge is -2.28. The van der Waals surface area contributed by atoms with Crippen molar-refractivity contribution in [1.29, 1.82) is 0 Å². The molecule has 0 aliphatic rings. The number of nitrogens with zero attached hydrogens (tertiary/aromatic N) is 1. The standard InChI is InChI=1S/C50H31NOS/c1-2-11-33(12-3-1)39-28-29-44(49-41-17-6-8-19-45(41)52-50(39)49)51(43-18-10-14-35-22-21-34-13-4-5-15-38(34)48(35)43)37-26-23-32(24-27-37)36-25-30-47-42(31-36)40-16-7-9-20-46(40)53-47/h1-31H. The fourth-order valence-electron chi connectivity index (χ4n) is 8.18. The molecule has 0 fully saturated rings. The third-order valence-corrected chi connectivity index (χ3v) is 11.8. The van der Waals surface area contributed by atoms with Gasteiger partial charge in [-0.2, -0.15) is 0 Å². The van der Waals surface area contributed by atoms with Crippen LogP contribution >= 0.6 is 11.3 Å². The lowest BCUT2D eigenvalue weighted by atomic mass is 9.97. The van der Waals surface area contributed by atoms with Crippen LogP contribution in [0.1, 0.15) is 0 Å². The minimum absolute atomic E-state index is 0.877. The second-order valence-electron chi connectivity index (χ2n) is 13.7. The van der Waals surface area contributed by atoms with Crippen molar-refractivity contribution in [3.05, 3.63) is 188 Å². The summed E-state index contributed by atoms with van der Waals surface area (Å²) >= 11 is 1.86. The summed E-state index contributed by atoms with van der Waals surface area (Å²) in [5.74, 6) is 0. The van der Waals surface area contributed by atoms with E-state index in [4.69, 9.17) is 4.42 Å². The SMILES string of the molecule is c1ccc(-c2ccc(N(c3ccc(-c4ccc5sc6ccccc6c5c4)cc3)c3cccc4ccc5ccccc5c34)c3c2oc2ccccc23)cc1. The average Bonchev–Trinajstić information content (AvgIpc) is 3.80. The third kappa shape index (κ3) is 4.78. The van der Waals surface area contributed by atoms with Gasteiger partial charge in [0.2, 0.25) is 0 Å². The van der Waals surface area contributed by atoms with E-state index >= 15 is 0 Å². The lowest BCUT2D eigenvalue weighted by molar-refractivity contribution is 0.670. The van der Waals surface area contributed by atoms with Crippen LogP contribution in [0.5, 0.6) is 0 Å². The predicted molar refractivity (Wildman–Crippen MR) is 227 cm³/mol. The molecule has 0 saturated carbocycles. The molecule has 2 aromatic heterocycles. The smallest absolute Gasteiger partial charge is 0.145 e. The van der Waals surface area contributed by atoms with Gasteiger partial charge in [0, 0.05) is 42.2 Å². The van der Waals surface area contributed by atoms with Gasteiger partial charge in [0.05, 0.1) is 16.8 Å². The molecule has 0 saturated heterocycles. The molecule has 0 atom stereocenters. The number of hydrogen-bond acceptors (Lipinski definition) is 3. The molecule has 11 rings (SSSR count). The van der Waals surface area contributed by atoms with Crippen LogP contribution in [-0.4, -0.2) is 0 Å². The van der Waals surface area contributed by atoms with Gasteiger partial charge in [0.15, 0.2) is 0 Å². The fourth-order valence-corrected chi connectivity index (χ4v) is 9.27. The Morgan fingerprint density at radius 2 is 1.08 bits per heavy atom. The average molecular weight is 694 g/mol. The molecule has 0 amide bonds. The van der Waals surface area contributed by atoms with Crippen LogP contribution in [-0.2, 0) is 0 Å². The first-order valence-corrected chi connectivity index (χ1v) is 18.8. The molecule has 0 bridgehead atoms. The van der Waals surface area contributed by atoms with Gasteiger partial charge in [0.25, 0.3) is 0 Å². The summed E-state index contributed by atoms with van der Waals surface area (Å²) in [4.78, 5) is 2.44. The molecule has 2 heterocycles. The molecule has 53 heavy (non-hydrogen) atoms. The molecule has 2 nitrogen and oxygen atoms in total. The Labute approximate surface area is 310 Å². The van der Waals surface area contributed by atoms with Crippen molar-refractivity contribution < 1.29 is 4.42 Å². The number of rotatable bonds is 5. The summed E-state index contributed by atoms with van der Waals surface area (Å²) in [7, 11) is 0. The van der Waals surface area contributed by atoms with Crippen LogP contribution in [0, 0.1) is 0 Å². The highest BCUT2D eigenvalue weighted by Gasteiger charge is 2.24. The maximum Gasteiger partial charge on any atom is 0.145 e. The summed E-state index contributed by atoms with van der Waals surface area (Å²) in [6, 6.07) is 68.0. The topological polar surface area (TPSA) is 16.4 Å². The highest BCUT2D eigenvalue weighted by atomic mass is 32.1. The van der Waals surface area contributed by atoms with Crippen LogP contribution in [0.4, 0.5) is 17.1 Å². The number of fused-ring (bicyclic) bond motifs is 9. The monoisotopic (exact) mass is 693 g/mol. The maximum atomic E-state index is 6.77. The zero-order valence-corrected chi connectivity index (χ0v) is 29.5. The molecule has 9 aromatic carbocycles. The predicted octanol–water partition coefficient (Wildman–Crippen LogP) is 15.1. The Morgan fingerprint density at radius 1 is 0.396 bits per heavy atom. The van der Waals surface area contributed by atoms with E-state index in [1.807, 2.05) is 11.3 Å². The number of hydrogen-bond donors (Lipinski definition) is 0. The Morgan fingerprint density at radius 3 is 1.96 bits per heavy atom. The van der Waals surface area contributed by atoms with Crippen LogP contribution in [0.2, 0.25) is 0 Å². The van der Waals surface area contributed by atoms with E-state index in [2.05, 4.69) is 193 Å². The van der Waals surface area contributed by atoms with Gasteiger partial charge in [-0.3, -0.25) is 0 Å². The number of benzene rings is 9. The molecule has 0 spiro atoms. The van der Waals surface area contributed by atoms with Crippen molar-refractivity contribution in [2.45, 2.75) is 0 Å². The third-order valence-electron chi connectivity index (χ3n) is 10.7. The first-order chi connectivity index (χ1) is 26.3. The lowest BCUT2D eigenvalue weighted by Crippen LogP contribution is -2.11. The fraction of sp³-hybridized carbons (Fsp3) is 0.